The lowest BCUT2D eigenvalue weighted by Crippen LogP contribution is -2.48. The Bertz CT molecular complexity index is 182. The molecule has 1 saturated heterocycles. The summed E-state index contributed by atoms with van der Waals surface area (Å²) in [5, 5.41) is 3.54. The molecule has 14 heavy (non-hydrogen) atoms. The molecule has 0 aromatic carbocycles. The van der Waals surface area contributed by atoms with Crippen LogP contribution in [0.25, 0.3) is 0 Å². The largest absolute Gasteiger partial charge is 0.314 e. The summed E-state index contributed by atoms with van der Waals surface area (Å²) >= 11 is 5.52. The number of nitrogens with one attached hydrogen (secondary N) is 1. The highest BCUT2D eigenvalue weighted by molar-refractivity contribution is 6.25. The highest BCUT2D eigenvalue weighted by atomic mass is 35.5. The van der Waals surface area contributed by atoms with Gasteiger partial charge in [0.1, 0.15) is 0 Å². The summed E-state index contributed by atoms with van der Waals surface area (Å²) in [4.78, 5) is 2.46. The number of rotatable bonds is 4. The van der Waals surface area contributed by atoms with E-state index in [4.69, 9.17) is 11.6 Å². The minimum Gasteiger partial charge on any atom is -0.314 e. The van der Waals surface area contributed by atoms with Crippen LogP contribution >= 0.6 is 11.6 Å². The van der Waals surface area contributed by atoms with Crippen LogP contribution in [0.15, 0.2) is 11.6 Å². The molecular formula is C11H21ClN2. The predicted molar refractivity (Wildman–Crippen MR) is 62.7 cm³/mol. The molecule has 0 amide bonds. The maximum atomic E-state index is 5.52. The second-order valence-electron chi connectivity index (χ2n) is 4.05. The van der Waals surface area contributed by atoms with Gasteiger partial charge in [0.25, 0.3) is 0 Å². The van der Waals surface area contributed by atoms with Gasteiger partial charge in [-0.15, -0.1) is 0 Å². The average molecular weight is 217 g/mol. The molecule has 2 atom stereocenters. The first-order chi connectivity index (χ1) is 6.77. The highest BCUT2D eigenvalue weighted by Crippen LogP contribution is 2.16. The Kier molecular flexibility index (Phi) is 5.53. The molecule has 2 unspecified atom stereocenters. The Labute approximate surface area is 92.3 Å². The van der Waals surface area contributed by atoms with E-state index in [-0.39, 0.29) is 0 Å². The van der Waals surface area contributed by atoms with Gasteiger partial charge in [-0.1, -0.05) is 31.5 Å². The van der Waals surface area contributed by atoms with E-state index >= 15 is 0 Å². The molecule has 0 spiro atoms. The third kappa shape index (κ3) is 3.60. The molecule has 0 bridgehead atoms. The Morgan fingerprint density at radius 2 is 2.36 bits per heavy atom. The van der Waals surface area contributed by atoms with Crippen LogP contribution in [-0.2, 0) is 0 Å². The second kappa shape index (κ2) is 6.44. The SMILES string of the molecule is CCNC1CCN(C/C=C/Cl)CC1C. The van der Waals surface area contributed by atoms with Crippen molar-refractivity contribution in [3.05, 3.63) is 11.6 Å². The number of nitrogens with zero attached hydrogens (tertiary/aromatic N) is 1. The molecular weight excluding hydrogens is 196 g/mol. The van der Waals surface area contributed by atoms with Crippen LogP contribution < -0.4 is 5.32 Å². The average Bonchev–Trinajstić information content (AvgIpc) is 2.19. The lowest BCUT2D eigenvalue weighted by Gasteiger charge is -2.36. The summed E-state index contributed by atoms with van der Waals surface area (Å²) in [6.07, 6.45) is 3.27. The van der Waals surface area contributed by atoms with Gasteiger partial charge in [0.05, 0.1) is 0 Å². The van der Waals surface area contributed by atoms with Gasteiger partial charge in [0.2, 0.25) is 0 Å². The van der Waals surface area contributed by atoms with E-state index in [1.807, 2.05) is 6.08 Å². The first-order valence-electron chi connectivity index (χ1n) is 5.48. The second-order valence-corrected chi connectivity index (χ2v) is 4.30. The Morgan fingerprint density at radius 1 is 1.57 bits per heavy atom. The Morgan fingerprint density at radius 3 is 2.93 bits per heavy atom. The minimum absolute atomic E-state index is 0.705. The normalized spacial score (nSPS) is 29.9. The van der Waals surface area contributed by atoms with Crippen molar-refractivity contribution >= 4 is 11.6 Å². The first kappa shape index (κ1) is 12.0. The fourth-order valence-corrected chi connectivity index (χ4v) is 2.23. The number of hydrogen-bond acceptors (Lipinski definition) is 2. The zero-order chi connectivity index (χ0) is 10.4. The monoisotopic (exact) mass is 216 g/mol. The van der Waals surface area contributed by atoms with Gasteiger partial charge in [-0.3, -0.25) is 4.90 Å². The maximum Gasteiger partial charge on any atom is 0.0174 e. The number of halogens is 1. The summed E-state index contributed by atoms with van der Waals surface area (Å²) < 4.78 is 0. The van der Waals surface area contributed by atoms with E-state index in [0.717, 1.165) is 19.0 Å². The van der Waals surface area contributed by atoms with Gasteiger partial charge in [-0.25, -0.2) is 0 Å². The number of piperidine rings is 1. The summed E-state index contributed by atoms with van der Waals surface area (Å²) in [5.41, 5.74) is 1.61. The van der Waals surface area contributed by atoms with E-state index in [9.17, 15) is 0 Å². The van der Waals surface area contributed by atoms with Crippen molar-refractivity contribution in [1.82, 2.24) is 10.2 Å². The standard InChI is InChI=1S/C11H21ClN2/c1-3-13-11-5-8-14(7-4-6-12)9-10(11)2/h4,6,10-11,13H,3,5,7-9H2,1-2H3/b6-4+. The van der Waals surface area contributed by atoms with Crippen molar-refractivity contribution in [3.8, 4) is 0 Å². The molecule has 0 aromatic heterocycles. The molecule has 1 aliphatic heterocycles. The minimum atomic E-state index is 0.705. The maximum absolute atomic E-state index is 5.52. The van der Waals surface area contributed by atoms with Gasteiger partial charge in [0.15, 0.2) is 0 Å². The predicted octanol–water partition coefficient (Wildman–Crippen LogP) is 2.06. The topological polar surface area (TPSA) is 15.3 Å². The van der Waals surface area contributed by atoms with Crippen LogP contribution in [0.1, 0.15) is 20.3 Å². The molecule has 82 valence electrons. The van der Waals surface area contributed by atoms with E-state index in [1.54, 1.807) is 5.54 Å². The molecule has 1 aliphatic rings. The van der Waals surface area contributed by atoms with E-state index in [2.05, 4.69) is 24.1 Å². The molecule has 1 fully saturated rings. The van der Waals surface area contributed by atoms with Crippen LogP contribution in [0, 0.1) is 5.92 Å². The molecule has 0 aromatic rings. The molecule has 1 N–H and O–H groups in total. The first-order valence-corrected chi connectivity index (χ1v) is 5.92. The van der Waals surface area contributed by atoms with E-state index in [1.165, 1.54) is 19.5 Å². The van der Waals surface area contributed by atoms with Gasteiger partial charge in [-0.05, 0) is 25.4 Å². The molecule has 0 saturated carbocycles. The van der Waals surface area contributed by atoms with Crippen LogP contribution in [0.5, 0.6) is 0 Å². The van der Waals surface area contributed by atoms with Crippen LogP contribution in [0.2, 0.25) is 0 Å². The molecule has 3 heteroatoms. The summed E-state index contributed by atoms with van der Waals surface area (Å²) in [7, 11) is 0. The van der Waals surface area contributed by atoms with E-state index < -0.39 is 0 Å². The summed E-state index contributed by atoms with van der Waals surface area (Å²) in [6, 6.07) is 0.705. The third-order valence-corrected chi connectivity index (χ3v) is 3.09. The third-order valence-electron chi connectivity index (χ3n) is 2.91. The van der Waals surface area contributed by atoms with Gasteiger partial charge in [-0.2, -0.15) is 0 Å². The van der Waals surface area contributed by atoms with Crippen LogP contribution in [0.4, 0.5) is 0 Å². The van der Waals surface area contributed by atoms with Crippen molar-refractivity contribution < 1.29 is 0 Å². The highest BCUT2D eigenvalue weighted by Gasteiger charge is 2.24. The Balaban J connectivity index is 2.30. The zero-order valence-corrected chi connectivity index (χ0v) is 9.93. The fraction of sp³-hybridized carbons (Fsp3) is 0.818. The lowest BCUT2D eigenvalue weighted by atomic mass is 9.94. The number of likely N-dealkylation sites (tertiary alicyclic amines) is 1. The van der Waals surface area contributed by atoms with E-state index in [0.29, 0.717) is 6.04 Å². The van der Waals surface area contributed by atoms with Gasteiger partial charge in [0, 0.05) is 24.7 Å². The summed E-state index contributed by atoms with van der Waals surface area (Å²) in [6.45, 7) is 8.94. The zero-order valence-electron chi connectivity index (χ0n) is 9.17. The smallest absolute Gasteiger partial charge is 0.0174 e. The molecule has 1 rings (SSSR count). The molecule has 2 nitrogen and oxygen atoms in total. The van der Waals surface area contributed by atoms with Crippen molar-refractivity contribution in [2.75, 3.05) is 26.2 Å². The summed E-state index contributed by atoms with van der Waals surface area (Å²) in [5.74, 6) is 0.743. The van der Waals surface area contributed by atoms with Crippen LogP contribution in [-0.4, -0.2) is 37.1 Å². The lowest BCUT2D eigenvalue weighted by molar-refractivity contribution is 0.161. The van der Waals surface area contributed by atoms with Crippen molar-refractivity contribution in [3.63, 3.8) is 0 Å². The van der Waals surface area contributed by atoms with Crippen molar-refractivity contribution in [2.45, 2.75) is 26.3 Å². The quantitative estimate of drug-likeness (QED) is 0.774. The van der Waals surface area contributed by atoms with Crippen molar-refractivity contribution in [2.24, 2.45) is 5.92 Å². The van der Waals surface area contributed by atoms with Gasteiger partial charge < -0.3 is 5.32 Å². The molecule has 1 heterocycles. The number of hydrogen-bond donors (Lipinski definition) is 1. The fourth-order valence-electron chi connectivity index (χ4n) is 2.15. The Hall–Kier alpha value is -0.0500. The van der Waals surface area contributed by atoms with Crippen LogP contribution in [0.3, 0.4) is 0 Å². The van der Waals surface area contributed by atoms with Crippen molar-refractivity contribution in [1.29, 1.82) is 0 Å². The molecule has 0 radical (unpaired) electrons. The molecule has 0 aliphatic carbocycles. The van der Waals surface area contributed by atoms with Gasteiger partial charge >= 0.3 is 0 Å².